The molecule has 0 saturated heterocycles. The lowest BCUT2D eigenvalue weighted by Gasteiger charge is -2.26. The van der Waals surface area contributed by atoms with Crippen molar-refractivity contribution in [2.45, 2.75) is 0 Å². The van der Waals surface area contributed by atoms with Crippen LogP contribution in [0.5, 0.6) is 0 Å². The molecule has 0 radical (unpaired) electrons. The van der Waals surface area contributed by atoms with E-state index in [2.05, 4.69) is 323 Å². The predicted octanol–water partition coefficient (Wildman–Crippen LogP) is 22.1. The fourth-order valence-electron chi connectivity index (χ4n) is 13.3. The van der Waals surface area contributed by atoms with Gasteiger partial charge in [0.1, 0.15) is 0 Å². The number of para-hydroxylation sites is 3. The van der Waals surface area contributed by atoms with Crippen LogP contribution in [0.1, 0.15) is 0 Å². The Morgan fingerprint density at radius 3 is 1.20 bits per heavy atom. The molecule has 2 aromatic heterocycles. The van der Waals surface area contributed by atoms with E-state index in [9.17, 15) is 0 Å². The highest BCUT2D eigenvalue weighted by molar-refractivity contribution is 6.23. The Morgan fingerprint density at radius 1 is 0.193 bits per heavy atom. The minimum absolute atomic E-state index is 1.09. The van der Waals surface area contributed by atoms with Crippen LogP contribution in [-0.4, -0.2) is 9.13 Å². The second kappa shape index (κ2) is 18.8. The Balaban J connectivity index is 0.787. The third-order valence-corrected chi connectivity index (χ3v) is 17.3. The zero-order chi connectivity index (χ0) is 54.5. The summed E-state index contributed by atoms with van der Waals surface area (Å²) in [6.45, 7) is 0. The first kappa shape index (κ1) is 46.9. The van der Waals surface area contributed by atoms with Crippen LogP contribution in [0.15, 0.2) is 309 Å². The lowest BCUT2D eigenvalue weighted by molar-refractivity contribution is 1.18. The molecule has 17 aromatic rings. The maximum atomic E-state index is 2.44. The van der Waals surface area contributed by atoms with Crippen LogP contribution in [0.25, 0.3) is 142 Å². The smallest absolute Gasteiger partial charge is 0.0547 e. The normalized spacial score (nSPS) is 11.9. The van der Waals surface area contributed by atoms with Crippen molar-refractivity contribution in [2.75, 3.05) is 4.90 Å². The molecule has 17 rings (SSSR count). The van der Waals surface area contributed by atoms with Crippen molar-refractivity contribution in [1.82, 2.24) is 9.13 Å². The van der Waals surface area contributed by atoms with E-state index in [-0.39, 0.29) is 0 Å². The summed E-state index contributed by atoms with van der Waals surface area (Å²) < 4.78 is 4.86. The zero-order valence-electron chi connectivity index (χ0n) is 45.3. The molecule has 0 aliphatic rings. The van der Waals surface area contributed by atoms with Crippen LogP contribution in [-0.2, 0) is 0 Å². The predicted molar refractivity (Wildman–Crippen MR) is 354 cm³/mol. The van der Waals surface area contributed by atoms with Crippen molar-refractivity contribution in [2.24, 2.45) is 0 Å². The number of benzene rings is 15. The standard InChI is InChI=1S/C80H51N3/c1-2-20-67(21-3-1)81(71-40-32-61-42-55-14-4-5-16-57(55)44-66(61)48-71)68-34-26-52(27-35-68)63-45-64(47-65(46-63)54-30-38-70(39-31-54)83-76-24-12-10-22-72(76)75-50-59-18-8-9-19-60(59)51-79(75)83)53-28-36-69(37-29-53)82-77-25-13-11-23-73(77)80-74-49-58-17-7-6-15-56(58)43-62(74)33-41-78(80)82/h1-51H. The van der Waals surface area contributed by atoms with Gasteiger partial charge in [-0.15, -0.1) is 0 Å². The summed E-state index contributed by atoms with van der Waals surface area (Å²) in [4.78, 5) is 2.37. The molecule has 0 unspecified atom stereocenters. The van der Waals surface area contributed by atoms with Crippen molar-refractivity contribution in [1.29, 1.82) is 0 Å². The topological polar surface area (TPSA) is 13.1 Å². The third kappa shape index (κ3) is 7.81. The lowest BCUT2D eigenvalue weighted by atomic mass is 9.93. The van der Waals surface area contributed by atoms with Gasteiger partial charge in [-0.2, -0.15) is 0 Å². The minimum Gasteiger partial charge on any atom is -0.310 e. The molecule has 0 fully saturated rings. The average molecular weight is 1050 g/mol. The Morgan fingerprint density at radius 2 is 0.602 bits per heavy atom. The SMILES string of the molecule is c1ccc(N(c2ccc(-c3cc(-c4ccc(-n5c6ccccc6c6cc7ccccc7cc65)cc4)cc(-c4ccc(-n5c6ccccc6c6c7cc8ccccc8cc7ccc65)cc4)c3)cc2)c2ccc3cc4ccccc4cc3c2)cc1. The molecule has 83 heavy (non-hydrogen) atoms. The first-order valence-electron chi connectivity index (χ1n) is 28.6. The molecule has 0 aliphatic heterocycles. The quantitative estimate of drug-likeness (QED) is 0.138. The van der Waals surface area contributed by atoms with Gasteiger partial charge in [-0.3, -0.25) is 0 Å². The number of rotatable bonds is 8. The highest BCUT2D eigenvalue weighted by Gasteiger charge is 2.19. The average Bonchev–Trinajstić information content (AvgIpc) is 2.74. The van der Waals surface area contributed by atoms with E-state index in [1.807, 2.05) is 0 Å². The van der Waals surface area contributed by atoms with Gasteiger partial charge in [0.15, 0.2) is 0 Å². The molecule has 0 bridgehead atoms. The van der Waals surface area contributed by atoms with Crippen molar-refractivity contribution in [3.05, 3.63) is 309 Å². The Kier molecular flexibility index (Phi) is 10.6. The van der Waals surface area contributed by atoms with E-state index in [0.29, 0.717) is 0 Å². The van der Waals surface area contributed by atoms with Crippen LogP contribution < -0.4 is 4.90 Å². The van der Waals surface area contributed by atoms with Crippen LogP contribution in [0, 0.1) is 0 Å². The van der Waals surface area contributed by atoms with E-state index >= 15 is 0 Å². The Hall–Kier alpha value is -11.0. The van der Waals surface area contributed by atoms with Gasteiger partial charge in [-0.05, 0) is 221 Å². The lowest BCUT2D eigenvalue weighted by Crippen LogP contribution is -2.09. The maximum Gasteiger partial charge on any atom is 0.0547 e. The number of anilines is 3. The molecule has 0 spiro atoms. The molecule has 0 amide bonds. The van der Waals surface area contributed by atoms with Crippen LogP contribution in [0.2, 0.25) is 0 Å². The summed E-state index contributed by atoms with van der Waals surface area (Å²) in [5.41, 5.74) is 17.3. The molecule has 386 valence electrons. The van der Waals surface area contributed by atoms with E-state index < -0.39 is 0 Å². The first-order chi connectivity index (χ1) is 41.1. The molecule has 0 saturated carbocycles. The second-order valence-electron chi connectivity index (χ2n) is 22.1. The number of hydrogen-bond acceptors (Lipinski definition) is 1. The number of aromatic nitrogens is 2. The molecule has 0 atom stereocenters. The van der Waals surface area contributed by atoms with Gasteiger partial charge in [0, 0.05) is 50.0 Å². The summed E-state index contributed by atoms with van der Waals surface area (Å²) in [6, 6.07) is 114. The van der Waals surface area contributed by atoms with Crippen molar-refractivity contribution in [3.8, 4) is 44.8 Å². The van der Waals surface area contributed by atoms with Crippen molar-refractivity contribution < 1.29 is 0 Å². The Bertz CT molecular complexity index is 5420. The van der Waals surface area contributed by atoms with Crippen LogP contribution in [0.3, 0.4) is 0 Å². The summed E-state index contributed by atoms with van der Waals surface area (Å²) in [7, 11) is 0. The maximum absolute atomic E-state index is 2.44. The van der Waals surface area contributed by atoms with Crippen LogP contribution >= 0.6 is 0 Å². The highest BCUT2D eigenvalue weighted by Crippen LogP contribution is 2.43. The molecule has 0 N–H and O–H groups in total. The molecular formula is C80H51N3. The minimum atomic E-state index is 1.09. The molecule has 3 heteroatoms. The van der Waals surface area contributed by atoms with Crippen molar-refractivity contribution in [3.63, 3.8) is 0 Å². The van der Waals surface area contributed by atoms with Gasteiger partial charge in [-0.1, -0.05) is 176 Å². The fourth-order valence-corrected chi connectivity index (χ4v) is 13.3. The molecule has 3 nitrogen and oxygen atoms in total. The summed E-state index contributed by atoms with van der Waals surface area (Å²) in [5, 5.41) is 17.5. The number of nitrogens with zero attached hydrogens (tertiary/aromatic N) is 3. The van der Waals surface area contributed by atoms with E-state index in [4.69, 9.17) is 0 Å². The van der Waals surface area contributed by atoms with Gasteiger partial charge in [0.05, 0.1) is 22.1 Å². The number of hydrogen-bond donors (Lipinski definition) is 0. The van der Waals surface area contributed by atoms with Gasteiger partial charge >= 0.3 is 0 Å². The summed E-state index contributed by atoms with van der Waals surface area (Å²) in [6.07, 6.45) is 0. The van der Waals surface area contributed by atoms with E-state index in [1.54, 1.807) is 0 Å². The van der Waals surface area contributed by atoms with Gasteiger partial charge in [-0.25, -0.2) is 0 Å². The monoisotopic (exact) mass is 1050 g/mol. The second-order valence-corrected chi connectivity index (χ2v) is 22.1. The van der Waals surface area contributed by atoms with Gasteiger partial charge in [0.2, 0.25) is 0 Å². The van der Waals surface area contributed by atoms with Crippen molar-refractivity contribution >= 4 is 115 Å². The molecular weight excluding hydrogens is 1000 g/mol. The molecule has 15 aromatic carbocycles. The van der Waals surface area contributed by atoms with E-state index in [1.165, 1.54) is 97.5 Å². The molecule has 2 heterocycles. The summed E-state index contributed by atoms with van der Waals surface area (Å²) in [5.74, 6) is 0. The highest BCUT2D eigenvalue weighted by atomic mass is 15.1. The Labute approximate surface area is 480 Å². The largest absolute Gasteiger partial charge is 0.310 e. The van der Waals surface area contributed by atoms with Gasteiger partial charge < -0.3 is 14.0 Å². The zero-order valence-corrected chi connectivity index (χ0v) is 45.3. The molecule has 0 aliphatic carbocycles. The summed E-state index contributed by atoms with van der Waals surface area (Å²) >= 11 is 0. The number of fused-ring (bicyclic) bond motifs is 12. The first-order valence-corrected chi connectivity index (χ1v) is 28.6. The van der Waals surface area contributed by atoms with E-state index in [0.717, 1.165) is 61.8 Å². The third-order valence-electron chi connectivity index (χ3n) is 17.3. The fraction of sp³-hybridized carbons (Fsp3) is 0. The van der Waals surface area contributed by atoms with Crippen LogP contribution in [0.4, 0.5) is 17.1 Å². The van der Waals surface area contributed by atoms with Gasteiger partial charge in [0.25, 0.3) is 0 Å².